The normalized spacial score (nSPS) is 18.2. The van der Waals surface area contributed by atoms with E-state index in [4.69, 9.17) is 5.73 Å². The summed E-state index contributed by atoms with van der Waals surface area (Å²) in [6, 6.07) is 5.01. The first-order valence-electron chi connectivity index (χ1n) is 4.88. The quantitative estimate of drug-likeness (QED) is 0.883. The van der Waals surface area contributed by atoms with E-state index < -0.39 is 0 Å². The second kappa shape index (κ2) is 3.99. The zero-order chi connectivity index (χ0) is 10.1. The van der Waals surface area contributed by atoms with Crippen LogP contribution in [0.3, 0.4) is 0 Å². The van der Waals surface area contributed by atoms with Crippen molar-refractivity contribution in [3.05, 3.63) is 34.1 Å². The molecule has 1 nitrogen and oxygen atoms in total. The molecule has 1 fully saturated rings. The molecule has 0 aliphatic heterocycles. The molecular weight excluding hydrogens is 245 g/mol. The van der Waals surface area contributed by atoms with Gasteiger partial charge in [0.2, 0.25) is 0 Å². The summed E-state index contributed by atoms with van der Waals surface area (Å²) in [4.78, 5) is 0. The Balaban J connectivity index is 2.16. The predicted molar refractivity (Wildman–Crippen MR) is 58.4 cm³/mol. The van der Waals surface area contributed by atoms with Gasteiger partial charge in [-0.2, -0.15) is 0 Å². The molecule has 0 aromatic heterocycles. The summed E-state index contributed by atoms with van der Waals surface area (Å²) in [6.45, 7) is 0. The molecule has 1 aliphatic rings. The summed E-state index contributed by atoms with van der Waals surface area (Å²) in [5.41, 5.74) is 6.90. The molecule has 0 bridgehead atoms. The monoisotopic (exact) mass is 257 g/mol. The zero-order valence-corrected chi connectivity index (χ0v) is 9.43. The van der Waals surface area contributed by atoms with Crippen LogP contribution < -0.4 is 5.73 Å². The molecule has 3 heteroatoms. The molecule has 0 radical (unpaired) electrons. The molecule has 76 valence electrons. The molecule has 1 saturated carbocycles. The highest BCUT2D eigenvalue weighted by Gasteiger charge is 2.25. The minimum Gasteiger partial charge on any atom is -0.324 e. The van der Waals surface area contributed by atoms with Crippen LogP contribution in [0.5, 0.6) is 0 Å². The number of rotatable bonds is 3. The smallest absolute Gasteiger partial charge is 0.137 e. The van der Waals surface area contributed by atoms with Crippen molar-refractivity contribution >= 4 is 15.9 Å². The van der Waals surface area contributed by atoms with E-state index >= 15 is 0 Å². The van der Waals surface area contributed by atoms with Crippen LogP contribution in [0.25, 0.3) is 0 Å². The van der Waals surface area contributed by atoms with Gasteiger partial charge in [0.05, 0.1) is 4.47 Å². The van der Waals surface area contributed by atoms with E-state index in [1.54, 1.807) is 6.07 Å². The lowest BCUT2D eigenvalue weighted by molar-refractivity contribution is 0.577. The van der Waals surface area contributed by atoms with Crippen molar-refractivity contribution in [1.82, 2.24) is 0 Å². The van der Waals surface area contributed by atoms with Crippen molar-refractivity contribution in [2.24, 2.45) is 11.7 Å². The average Bonchev–Trinajstić information content (AvgIpc) is 2.93. The number of hydrogen-bond donors (Lipinski definition) is 1. The van der Waals surface area contributed by atoms with Gasteiger partial charge in [-0.15, -0.1) is 0 Å². The van der Waals surface area contributed by atoms with Gasteiger partial charge in [-0.1, -0.05) is 25.0 Å². The van der Waals surface area contributed by atoms with Crippen molar-refractivity contribution in [1.29, 1.82) is 0 Å². The van der Waals surface area contributed by atoms with E-state index in [9.17, 15) is 4.39 Å². The highest BCUT2D eigenvalue weighted by atomic mass is 79.9. The lowest BCUT2D eigenvalue weighted by Gasteiger charge is -2.13. The van der Waals surface area contributed by atoms with Gasteiger partial charge >= 0.3 is 0 Å². The van der Waals surface area contributed by atoms with Gasteiger partial charge in [0.1, 0.15) is 5.82 Å². The maximum absolute atomic E-state index is 13.2. The topological polar surface area (TPSA) is 26.0 Å². The molecule has 0 spiro atoms. The summed E-state index contributed by atoms with van der Waals surface area (Å²) in [6.07, 6.45) is 3.53. The van der Waals surface area contributed by atoms with E-state index in [-0.39, 0.29) is 11.9 Å². The fourth-order valence-electron chi connectivity index (χ4n) is 1.65. The third kappa shape index (κ3) is 2.15. The lowest BCUT2D eigenvalue weighted by atomic mass is 10.0. The molecule has 1 aromatic rings. The summed E-state index contributed by atoms with van der Waals surface area (Å²) in [7, 11) is 0. The van der Waals surface area contributed by atoms with Crippen LogP contribution >= 0.6 is 15.9 Å². The van der Waals surface area contributed by atoms with Crippen LogP contribution in [0.1, 0.15) is 30.9 Å². The largest absolute Gasteiger partial charge is 0.324 e. The first-order valence-corrected chi connectivity index (χ1v) is 5.67. The lowest BCUT2D eigenvalue weighted by Crippen LogP contribution is -2.12. The van der Waals surface area contributed by atoms with Crippen molar-refractivity contribution in [3.8, 4) is 0 Å². The fraction of sp³-hybridized carbons (Fsp3) is 0.455. The number of hydrogen-bond acceptors (Lipinski definition) is 1. The van der Waals surface area contributed by atoms with Crippen LogP contribution in [0, 0.1) is 11.7 Å². The van der Waals surface area contributed by atoms with Gasteiger partial charge in [-0.3, -0.25) is 0 Å². The molecule has 14 heavy (non-hydrogen) atoms. The molecule has 1 aromatic carbocycles. The van der Waals surface area contributed by atoms with Crippen LogP contribution in [-0.4, -0.2) is 0 Å². The molecule has 2 rings (SSSR count). The van der Waals surface area contributed by atoms with Crippen molar-refractivity contribution in [2.75, 3.05) is 0 Å². The first-order chi connectivity index (χ1) is 6.68. The maximum atomic E-state index is 13.2. The van der Waals surface area contributed by atoms with Gasteiger partial charge in [-0.05, 0) is 39.9 Å². The number of benzene rings is 1. The van der Waals surface area contributed by atoms with E-state index in [1.165, 1.54) is 18.9 Å². The summed E-state index contributed by atoms with van der Waals surface area (Å²) < 4.78 is 13.7. The van der Waals surface area contributed by atoms with Gasteiger partial charge < -0.3 is 5.73 Å². The van der Waals surface area contributed by atoms with E-state index in [0.717, 1.165) is 17.9 Å². The van der Waals surface area contributed by atoms with Gasteiger partial charge in [0, 0.05) is 6.04 Å². The zero-order valence-electron chi connectivity index (χ0n) is 7.84. The van der Waals surface area contributed by atoms with E-state index in [0.29, 0.717) is 4.47 Å². The third-order valence-corrected chi connectivity index (χ3v) is 3.50. The van der Waals surface area contributed by atoms with Crippen molar-refractivity contribution in [3.63, 3.8) is 0 Å². The maximum Gasteiger partial charge on any atom is 0.137 e. The Morgan fingerprint density at radius 1 is 1.50 bits per heavy atom. The Hall–Kier alpha value is -0.410. The Labute approximate surface area is 91.6 Å². The van der Waals surface area contributed by atoms with E-state index in [1.807, 2.05) is 6.07 Å². The summed E-state index contributed by atoms with van der Waals surface area (Å²) in [5, 5.41) is 0. The molecule has 0 amide bonds. The fourth-order valence-corrected chi connectivity index (χ4v) is 2.20. The third-order valence-electron chi connectivity index (χ3n) is 2.67. The SMILES string of the molecule is N[C@H](CC1CC1)c1cccc(F)c1Br. The first kappa shape index (κ1) is 10.1. The Kier molecular flexibility index (Phi) is 2.88. The Bertz CT molecular complexity index is 336. The summed E-state index contributed by atoms with van der Waals surface area (Å²) in [5.74, 6) is 0.536. The molecule has 1 aliphatic carbocycles. The van der Waals surface area contributed by atoms with E-state index in [2.05, 4.69) is 15.9 Å². The standard InChI is InChI=1S/C11H13BrFN/c12-11-8(2-1-3-9(11)13)10(14)6-7-4-5-7/h1-3,7,10H,4-6,14H2/t10-/m1/s1. The Morgan fingerprint density at radius 2 is 2.21 bits per heavy atom. The highest BCUT2D eigenvalue weighted by Crippen LogP contribution is 2.38. The minimum atomic E-state index is -0.228. The van der Waals surface area contributed by atoms with Gasteiger partial charge in [-0.25, -0.2) is 4.39 Å². The molecule has 0 heterocycles. The van der Waals surface area contributed by atoms with Crippen LogP contribution in [0.4, 0.5) is 4.39 Å². The van der Waals surface area contributed by atoms with Crippen LogP contribution in [-0.2, 0) is 0 Å². The Morgan fingerprint density at radius 3 is 2.86 bits per heavy atom. The minimum absolute atomic E-state index is 0.0347. The van der Waals surface area contributed by atoms with Crippen LogP contribution in [0.2, 0.25) is 0 Å². The highest BCUT2D eigenvalue weighted by molar-refractivity contribution is 9.10. The number of nitrogens with two attached hydrogens (primary N) is 1. The number of halogens is 2. The second-order valence-electron chi connectivity index (χ2n) is 3.93. The second-order valence-corrected chi connectivity index (χ2v) is 4.72. The van der Waals surface area contributed by atoms with Crippen molar-refractivity contribution < 1.29 is 4.39 Å². The predicted octanol–water partition coefficient (Wildman–Crippen LogP) is 3.39. The molecular formula is C11H13BrFN. The summed E-state index contributed by atoms with van der Waals surface area (Å²) >= 11 is 3.24. The molecule has 0 saturated heterocycles. The average molecular weight is 258 g/mol. The molecule has 1 atom stereocenters. The molecule has 0 unspecified atom stereocenters. The van der Waals surface area contributed by atoms with Gasteiger partial charge in [0.25, 0.3) is 0 Å². The van der Waals surface area contributed by atoms with Gasteiger partial charge in [0.15, 0.2) is 0 Å². The molecule has 2 N–H and O–H groups in total. The van der Waals surface area contributed by atoms with Crippen LogP contribution in [0.15, 0.2) is 22.7 Å². The van der Waals surface area contributed by atoms with Crippen molar-refractivity contribution in [2.45, 2.75) is 25.3 Å².